The second-order valence-electron chi connectivity index (χ2n) is 5.80. The van der Waals surface area contributed by atoms with E-state index in [1.54, 1.807) is 6.07 Å². The molecule has 1 aromatic rings. The van der Waals surface area contributed by atoms with Crippen LogP contribution in [0.4, 0.5) is 11.4 Å². The molecule has 1 aliphatic rings. The lowest BCUT2D eigenvalue weighted by atomic mass is 10.2. The van der Waals surface area contributed by atoms with E-state index in [4.69, 9.17) is 4.74 Å². The number of benzene rings is 1. The van der Waals surface area contributed by atoms with Gasteiger partial charge in [-0.05, 0) is 40.3 Å². The molecule has 2 rings (SSSR count). The van der Waals surface area contributed by atoms with E-state index < -0.39 is 0 Å². The van der Waals surface area contributed by atoms with Crippen molar-refractivity contribution in [1.82, 2.24) is 4.90 Å². The molecule has 1 fully saturated rings. The second kappa shape index (κ2) is 6.76. The summed E-state index contributed by atoms with van der Waals surface area (Å²) in [6.07, 6.45) is 2.36. The van der Waals surface area contributed by atoms with Crippen molar-refractivity contribution in [2.24, 2.45) is 0 Å². The van der Waals surface area contributed by atoms with Gasteiger partial charge in [0.15, 0.2) is 0 Å². The molecule has 116 valence electrons. The molecule has 1 atom stereocenters. The van der Waals surface area contributed by atoms with Gasteiger partial charge >= 0.3 is 0 Å². The highest BCUT2D eigenvalue weighted by molar-refractivity contribution is 5.56. The smallest absolute Gasteiger partial charge is 0.275 e. The normalized spacial score (nSPS) is 19.0. The number of likely N-dealkylation sites (N-methyl/N-ethyl adjacent to an activating group) is 1. The number of anilines is 1. The number of nitrogens with one attached hydrogen (secondary N) is 1. The molecule has 0 bridgehead atoms. The van der Waals surface area contributed by atoms with E-state index in [1.807, 2.05) is 19.9 Å². The molecule has 1 aromatic carbocycles. The molecule has 21 heavy (non-hydrogen) atoms. The van der Waals surface area contributed by atoms with Gasteiger partial charge in [-0.15, -0.1) is 0 Å². The standard InChI is InChI=1S/C15H23N3O3/c1-11(2)21-15-8-12(7-14(9-15)18(19)20)16-10-13-5-4-6-17(13)3/h7-9,11,13,16H,4-6,10H2,1-3H3. The summed E-state index contributed by atoms with van der Waals surface area (Å²) in [5, 5.41) is 14.3. The van der Waals surface area contributed by atoms with Crippen molar-refractivity contribution >= 4 is 11.4 Å². The number of likely N-dealkylation sites (tertiary alicyclic amines) is 1. The molecule has 1 aliphatic heterocycles. The molecule has 6 nitrogen and oxygen atoms in total. The summed E-state index contributed by atoms with van der Waals surface area (Å²) in [5.74, 6) is 0.529. The van der Waals surface area contributed by atoms with Crippen LogP contribution in [-0.2, 0) is 0 Å². The molecule has 1 unspecified atom stereocenters. The number of nitro groups is 1. The van der Waals surface area contributed by atoms with Crippen LogP contribution in [0.1, 0.15) is 26.7 Å². The van der Waals surface area contributed by atoms with Crippen LogP contribution in [0.2, 0.25) is 0 Å². The van der Waals surface area contributed by atoms with Crippen LogP contribution < -0.4 is 10.1 Å². The van der Waals surface area contributed by atoms with Crippen molar-refractivity contribution in [3.63, 3.8) is 0 Å². The first-order valence-electron chi connectivity index (χ1n) is 7.36. The Hall–Kier alpha value is -1.82. The third-order valence-corrected chi connectivity index (χ3v) is 3.69. The van der Waals surface area contributed by atoms with Gasteiger partial charge in [0, 0.05) is 30.4 Å². The quantitative estimate of drug-likeness (QED) is 0.645. The molecular weight excluding hydrogens is 270 g/mol. The van der Waals surface area contributed by atoms with Crippen molar-refractivity contribution in [1.29, 1.82) is 0 Å². The fourth-order valence-corrected chi connectivity index (χ4v) is 2.60. The maximum Gasteiger partial charge on any atom is 0.275 e. The first kappa shape index (κ1) is 15.6. The number of nitro benzene ring substituents is 1. The average molecular weight is 293 g/mol. The van der Waals surface area contributed by atoms with Crippen LogP contribution >= 0.6 is 0 Å². The lowest BCUT2D eigenvalue weighted by molar-refractivity contribution is -0.384. The highest BCUT2D eigenvalue weighted by atomic mass is 16.6. The molecule has 0 spiro atoms. The third kappa shape index (κ3) is 4.32. The average Bonchev–Trinajstić information content (AvgIpc) is 2.81. The Balaban J connectivity index is 2.09. The molecule has 0 aliphatic carbocycles. The van der Waals surface area contributed by atoms with Crippen molar-refractivity contribution in [2.75, 3.05) is 25.5 Å². The Kier molecular flexibility index (Phi) is 5.01. The Labute approximate surface area is 125 Å². The zero-order chi connectivity index (χ0) is 15.4. The highest BCUT2D eigenvalue weighted by Crippen LogP contribution is 2.27. The largest absolute Gasteiger partial charge is 0.491 e. The minimum Gasteiger partial charge on any atom is -0.491 e. The number of nitrogens with zero attached hydrogens (tertiary/aromatic N) is 2. The van der Waals surface area contributed by atoms with Crippen LogP contribution in [0, 0.1) is 10.1 Å². The van der Waals surface area contributed by atoms with Gasteiger partial charge in [0.1, 0.15) is 5.75 Å². The van der Waals surface area contributed by atoms with E-state index in [-0.39, 0.29) is 16.7 Å². The van der Waals surface area contributed by atoms with Crippen LogP contribution in [0.3, 0.4) is 0 Å². The SMILES string of the molecule is CC(C)Oc1cc(NCC2CCCN2C)cc([N+](=O)[O-])c1. The van der Waals surface area contributed by atoms with E-state index in [9.17, 15) is 10.1 Å². The maximum atomic E-state index is 11.0. The number of rotatable bonds is 6. The molecule has 1 N–H and O–H groups in total. The van der Waals surface area contributed by atoms with Gasteiger partial charge < -0.3 is 15.0 Å². The van der Waals surface area contributed by atoms with Gasteiger partial charge in [0.25, 0.3) is 5.69 Å². The summed E-state index contributed by atoms with van der Waals surface area (Å²) in [6.45, 7) is 5.71. The zero-order valence-corrected chi connectivity index (χ0v) is 12.8. The molecule has 0 amide bonds. The van der Waals surface area contributed by atoms with E-state index in [0.29, 0.717) is 11.8 Å². The van der Waals surface area contributed by atoms with E-state index in [1.165, 1.54) is 12.5 Å². The van der Waals surface area contributed by atoms with E-state index in [2.05, 4.69) is 17.3 Å². The van der Waals surface area contributed by atoms with Gasteiger partial charge in [0.05, 0.1) is 17.1 Å². The summed E-state index contributed by atoms with van der Waals surface area (Å²) in [6, 6.07) is 5.33. The summed E-state index contributed by atoms with van der Waals surface area (Å²) in [4.78, 5) is 12.9. The predicted octanol–water partition coefficient (Wildman–Crippen LogP) is 2.89. The Morgan fingerprint density at radius 3 is 2.81 bits per heavy atom. The fraction of sp³-hybridized carbons (Fsp3) is 0.600. The van der Waals surface area contributed by atoms with Crippen molar-refractivity contribution in [2.45, 2.75) is 38.8 Å². The lowest BCUT2D eigenvalue weighted by Gasteiger charge is -2.20. The fourth-order valence-electron chi connectivity index (χ4n) is 2.60. The lowest BCUT2D eigenvalue weighted by Crippen LogP contribution is -2.31. The minimum atomic E-state index is -0.389. The van der Waals surface area contributed by atoms with Crippen molar-refractivity contribution < 1.29 is 9.66 Å². The predicted molar refractivity (Wildman–Crippen MR) is 83.0 cm³/mol. The minimum absolute atomic E-state index is 0.0131. The number of hydrogen-bond donors (Lipinski definition) is 1. The van der Waals surface area contributed by atoms with Crippen LogP contribution in [0.25, 0.3) is 0 Å². The number of hydrogen-bond acceptors (Lipinski definition) is 5. The van der Waals surface area contributed by atoms with E-state index in [0.717, 1.165) is 25.2 Å². The third-order valence-electron chi connectivity index (χ3n) is 3.69. The first-order valence-corrected chi connectivity index (χ1v) is 7.36. The molecule has 0 radical (unpaired) electrons. The number of ether oxygens (including phenoxy) is 1. The Morgan fingerprint density at radius 2 is 2.24 bits per heavy atom. The number of non-ortho nitro benzene ring substituents is 1. The summed E-state index contributed by atoms with van der Waals surface area (Å²) < 4.78 is 5.58. The van der Waals surface area contributed by atoms with Gasteiger partial charge in [-0.2, -0.15) is 0 Å². The molecule has 6 heteroatoms. The summed E-state index contributed by atoms with van der Waals surface area (Å²) in [5.41, 5.74) is 0.788. The van der Waals surface area contributed by atoms with E-state index >= 15 is 0 Å². The van der Waals surface area contributed by atoms with Crippen LogP contribution in [-0.4, -0.2) is 42.1 Å². The molecular formula is C15H23N3O3. The second-order valence-corrected chi connectivity index (χ2v) is 5.80. The maximum absolute atomic E-state index is 11.0. The van der Waals surface area contributed by atoms with Gasteiger partial charge in [-0.3, -0.25) is 10.1 Å². The monoisotopic (exact) mass is 293 g/mol. The van der Waals surface area contributed by atoms with Crippen molar-refractivity contribution in [3.05, 3.63) is 28.3 Å². The van der Waals surface area contributed by atoms with Crippen LogP contribution in [0.5, 0.6) is 5.75 Å². The summed E-state index contributed by atoms with van der Waals surface area (Å²) in [7, 11) is 2.11. The molecule has 0 aromatic heterocycles. The topological polar surface area (TPSA) is 67.6 Å². The first-order chi connectivity index (χ1) is 9.95. The molecule has 1 saturated heterocycles. The van der Waals surface area contributed by atoms with Crippen molar-refractivity contribution in [3.8, 4) is 5.75 Å². The Bertz CT molecular complexity index is 505. The van der Waals surface area contributed by atoms with Gasteiger partial charge in [0.2, 0.25) is 0 Å². The highest BCUT2D eigenvalue weighted by Gasteiger charge is 2.20. The van der Waals surface area contributed by atoms with Gasteiger partial charge in [-0.1, -0.05) is 0 Å². The zero-order valence-electron chi connectivity index (χ0n) is 12.8. The summed E-state index contributed by atoms with van der Waals surface area (Å²) >= 11 is 0. The van der Waals surface area contributed by atoms with Gasteiger partial charge in [-0.25, -0.2) is 0 Å². The molecule has 1 heterocycles. The van der Waals surface area contributed by atoms with Crippen LogP contribution in [0.15, 0.2) is 18.2 Å². The Morgan fingerprint density at radius 1 is 1.48 bits per heavy atom. The molecule has 0 saturated carbocycles.